The van der Waals surface area contributed by atoms with Gasteiger partial charge in [-0.2, -0.15) is 0 Å². The lowest BCUT2D eigenvalue weighted by atomic mass is 9.95. The number of amides is 1. The van der Waals surface area contributed by atoms with Crippen LogP contribution in [0, 0.1) is 0 Å². The first-order valence-corrected chi connectivity index (χ1v) is 8.52. The molecule has 122 valence electrons. The zero-order valence-electron chi connectivity index (χ0n) is 13.4. The zero-order chi connectivity index (χ0) is 14.9. The number of carbonyl (C=O) groups is 1. The van der Waals surface area contributed by atoms with Crippen molar-refractivity contribution >= 4 is 5.91 Å². The Morgan fingerprint density at radius 3 is 2.71 bits per heavy atom. The molecule has 0 radical (unpaired) electrons. The number of ether oxygens (including phenoxy) is 1. The van der Waals surface area contributed by atoms with E-state index in [9.17, 15) is 4.79 Å². The van der Waals surface area contributed by atoms with Crippen LogP contribution in [0.3, 0.4) is 0 Å². The average molecular weight is 297 g/mol. The molecule has 2 fully saturated rings. The lowest BCUT2D eigenvalue weighted by molar-refractivity contribution is -0.123. The van der Waals surface area contributed by atoms with E-state index in [1.54, 1.807) is 7.11 Å². The maximum Gasteiger partial charge on any atom is 0.234 e. The van der Waals surface area contributed by atoms with Crippen LogP contribution in [0.2, 0.25) is 0 Å². The molecule has 1 aliphatic heterocycles. The van der Waals surface area contributed by atoms with Gasteiger partial charge >= 0.3 is 0 Å². The molecule has 1 amide bonds. The third-order valence-electron chi connectivity index (χ3n) is 4.59. The molecular weight excluding hydrogens is 266 g/mol. The van der Waals surface area contributed by atoms with Gasteiger partial charge < -0.3 is 15.4 Å². The molecule has 5 heteroatoms. The summed E-state index contributed by atoms with van der Waals surface area (Å²) < 4.78 is 5.17. The van der Waals surface area contributed by atoms with Crippen molar-refractivity contribution in [2.75, 3.05) is 39.9 Å². The Kier molecular flexibility index (Phi) is 7.47. The minimum atomic E-state index is 0.177. The van der Waals surface area contributed by atoms with E-state index < -0.39 is 0 Å². The fourth-order valence-corrected chi connectivity index (χ4v) is 3.40. The number of nitrogens with zero attached hydrogens (tertiary/aromatic N) is 1. The summed E-state index contributed by atoms with van der Waals surface area (Å²) in [5.74, 6) is 0.177. The van der Waals surface area contributed by atoms with E-state index in [4.69, 9.17) is 4.74 Å². The van der Waals surface area contributed by atoms with Gasteiger partial charge in [0.1, 0.15) is 0 Å². The molecule has 1 atom stereocenters. The minimum Gasteiger partial charge on any atom is -0.383 e. The summed E-state index contributed by atoms with van der Waals surface area (Å²) in [6, 6.07) is 0.935. The highest BCUT2D eigenvalue weighted by molar-refractivity contribution is 5.78. The smallest absolute Gasteiger partial charge is 0.234 e. The van der Waals surface area contributed by atoms with Gasteiger partial charge in [0, 0.05) is 32.3 Å². The van der Waals surface area contributed by atoms with Crippen LogP contribution in [0.5, 0.6) is 0 Å². The summed E-state index contributed by atoms with van der Waals surface area (Å²) in [6.45, 7) is 4.06. The number of nitrogens with one attached hydrogen (secondary N) is 2. The minimum absolute atomic E-state index is 0.177. The SMILES string of the molecule is COCCN(CC(=O)NC1CCCCC1)CC1CCCN1. The Balaban J connectivity index is 1.73. The van der Waals surface area contributed by atoms with Crippen LogP contribution >= 0.6 is 0 Å². The van der Waals surface area contributed by atoms with E-state index in [2.05, 4.69) is 15.5 Å². The van der Waals surface area contributed by atoms with E-state index in [-0.39, 0.29) is 5.91 Å². The number of hydrogen-bond acceptors (Lipinski definition) is 4. The predicted molar refractivity (Wildman–Crippen MR) is 84.4 cm³/mol. The van der Waals surface area contributed by atoms with E-state index >= 15 is 0 Å². The second-order valence-corrected chi connectivity index (χ2v) is 6.42. The van der Waals surface area contributed by atoms with Crippen LogP contribution in [0.15, 0.2) is 0 Å². The monoisotopic (exact) mass is 297 g/mol. The Morgan fingerprint density at radius 2 is 2.05 bits per heavy atom. The maximum atomic E-state index is 12.2. The first-order chi connectivity index (χ1) is 10.3. The van der Waals surface area contributed by atoms with Crippen molar-refractivity contribution in [3.8, 4) is 0 Å². The molecule has 1 saturated heterocycles. The van der Waals surface area contributed by atoms with E-state index in [0.717, 1.165) is 32.5 Å². The van der Waals surface area contributed by atoms with Crippen molar-refractivity contribution in [1.82, 2.24) is 15.5 Å². The van der Waals surface area contributed by atoms with Crippen molar-refractivity contribution in [2.45, 2.75) is 57.0 Å². The van der Waals surface area contributed by atoms with Crippen LogP contribution < -0.4 is 10.6 Å². The molecule has 1 unspecified atom stereocenters. The highest BCUT2D eigenvalue weighted by Gasteiger charge is 2.21. The fraction of sp³-hybridized carbons (Fsp3) is 0.938. The second kappa shape index (κ2) is 9.38. The Morgan fingerprint density at radius 1 is 1.24 bits per heavy atom. The maximum absolute atomic E-state index is 12.2. The van der Waals surface area contributed by atoms with Crippen molar-refractivity contribution < 1.29 is 9.53 Å². The standard InChI is InChI=1S/C16H31N3O2/c1-21-11-10-19(12-15-8-5-9-17-15)13-16(20)18-14-6-3-2-4-7-14/h14-15,17H,2-13H2,1H3,(H,18,20). The number of carbonyl (C=O) groups excluding carboxylic acids is 1. The summed E-state index contributed by atoms with van der Waals surface area (Å²) in [6.07, 6.45) is 8.58. The van der Waals surface area contributed by atoms with Gasteiger partial charge in [-0.15, -0.1) is 0 Å². The van der Waals surface area contributed by atoms with Crippen LogP contribution in [0.4, 0.5) is 0 Å². The van der Waals surface area contributed by atoms with Crippen LogP contribution in [-0.2, 0) is 9.53 Å². The molecule has 0 aromatic rings. The highest BCUT2D eigenvalue weighted by atomic mass is 16.5. The first-order valence-electron chi connectivity index (χ1n) is 8.52. The molecule has 1 aliphatic carbocycles. The van der Waals surface area contributed by atoms with E-state index in [0.29, 0.717) is 25.2 Å². The van der Waals surface area contributed by atoms with E-state index in [1.807, 2.05) is 0 Å². The second-order valence-electron chi connectivity index (χ2n) is 6.42. The normalized spacial score (nSPS) is 23.6. The molecular formula is C16H31N3O2. The van der Waals surface area contributed by atoms with Crippen LogP contribution in [0.25, 0.3) is 0 Å². The van der Waals surface area contributed by atoms with Gasteiger partial charge in [-0.3, -0.25) is 9.69 Å². The van der Waals surface area contributed by atoms with Gasteiger partial charge in [0.05, 0.1) is 13.2 Å². The quantitative estimate of drug-likeness (QED) is 0.705. The fourth-order valence-electron chi connectivity index (χ4n) is 3.40. The third-order valence-corrected chi connectivity index (χ3v) is 4.59. The van der Waals surface area contributed by atoms with Crippen LogP contribution in [0.1, 0.15) is 44.9 Å². The summed E-state index contributed by atoms with van der Waals surface area (Å²) >= 11 is 0. The van der Waals surface area contributed by atoms with Crippen molar-refractivity contribution in [1.29, 1.82) is 0 Å². The number of rotatable bonds is 8. The van der Waals surface area contributed by atoms with Gasteiger partial charge in [0.25, 0.3) is 0 Å². The molecule has 2 N–H and O–H groups in total. The Bertz CT molecular complexity index is 300. The molecule has 2 aliphatic rings. The summed E-state index contributed by atoms with van der Waals surface area (Å²) in [5.41, 5.74) is 0. The van der Waals surface area contributed by atoms with Gasteiger partial charge in [-0.05, 0) is 32.2 Å². The predicted octanol–water partition coefficient (Wildman–Crippen LogP) is 1.14. The average Bonchev–Trinajstić information content (AvgIpc) is 2.98. The largest absolute Gasteiger partial charge is 0.383 e. The zero-order valence-corrected chi connectivity index (χ0v) is 13.4. The van der Waals surface area contributed by atoms with Gasteiger partial charge in [0.2, 0.25) is 5.91 Å². The van der Waals surface area contributed by atoms with Crippen LogP contribution in [-0.4, -0.2) is 62.8 Å². The molecule has 21 heavy (non-hydrogen) atoms. The molecule has 2 rings (SSSR count). The molecule has 0 spiro atoms. The van der Waals surface area contributed by atoms with Gasteiger partial charge in [-0.25, -0.2) is 0 Å². The van der Waals surface area contributed by atoms with Crippen molar-refractivity contribution in [2.24, 2.45) is 0 Å². The van der Waals surface area contributed by atoms with Gasteiger partial charge in [-0.1, -0.05) is 19.3 Å². The lowest BCUT2D eigenvalue weighted by Crippen LogP contribution is -2.46. The van der Waals surface area contributed by atoms with Gasteiger partial charge in [0.15, 0.2) is 0 Å². The third kappa shape index (κ3) is 6.32. The number of hydrogen-bond donors (Lipinski definition) is 2. The molecule has 0 bridgehead atoms. The molecule has 1 heterocycles. The summed E-state index contributed by atoms with van der Waals surface area (Å²) in [4.78, 5) is 14.5. The number of methoxy groups -OCH3 is 1. The molecule has 1 saturated carbocycles. The molecule has 5 nitrogen and oxygen atoms in total. The molecule has 0 aromatic carbocycles. The summed E-state index contributed by atoms with van der Waals surface area (Å²) in [7, 11) is 1.72. The topological polar surface area (TPSA) is 53.6 Å². The Hall–Kier alpha value is -0.650. The first kappa shape index (κ1) is 16.7. The molecule has 0 aromatic heterocycles. The van der Waals surface area contributed by atoms with E-state index in [1.165, 1.54) is 32.1 Å². The highest BCUT2D eigenvalue weighted by Crippen LogP contribution is 2.17. The van der Waals surface area contributed by atoms with Crippen molar-refractivity contribution in [3.63, 3.8) is 0 Å². The van der Waals surface area contributed by atoms with Crippen molar-refractivity contribution in [3.05, 3.63) is 0 Å². The Labute approximate surface area is 128 Å². The lowest BCUT2D eigenvalue weighted by Gasteiger charge is -2.27. The summed E-state index contributed by atoms with van der Waals surface area (Å²) in [5, 5.41) is 6.71.